The predicted molar refractivity (Wildman–Crippen MR) is 116 cm³/mol. The van der Waals surface area contributed by atoms with Crippen molar-refractivity contribution in [1.82, 2.24) is 29.9 Å². The molecule has 6 rings (SSSR count). The number of rotatable bonds is 3. The van der Waals surface area contributed by atoms with Crippen molar-refractivity contribution in [3.63, 3.8) is 0 Å². The second-order valence-electron chi connectivity index (χ2n) is 7.06. The van der Waals surface area contributed by atoms with Crippen molar-refractivity contribution in [3.05, 3.63) is 76.8 Å². The number of nitro benzene ring substituents is 1. The Morgan fingerprint density at radius 1 is 0.645 bits per heavy atom. The number of para-hydroxylation sites is 4. The van der Waals surface area contributed by atoms with Crippen LogP contribution in [0, 0.1) is 10.1 Å². The van der Waals surface area contributed by atoms with Crippen LogP contribution in [0.5, 0.6) is 0 Å². The predicted octanol–water partition coefficient (Wildman–Crippen LogP) is 4.62. The second-order valence-corrected chi connectivity index (χ2v) is 7.06. The maximum absolute atomic E-state index is 11.2. The zero-order valence-electron chi connectivity index (χ0n) is 15.9. The number of fused-ring (bicyclic) bond motifs is 3. The molecule has 3 aromatic carbocycles. The Morgan fingerprint density at radius 2 is 1.19 bits per heavy atom. The third-order valence-corrected chi connectivity index (χ3v) is 5.09. The molecule has 0 amide bonds. The zero-order valence-corrected chi connectivity index (χ0v) is 15.9. The number of benzene rings is 3. The molecule has 3 aromatic heterocycles. The topological polar surface area (TPSA) is 126 Å². The number of imidazole rings is 2. The molecule has 0 atom stereocenters. The fourth-order valence-corrected chi connectivity index (χ4v) is 3.62. The molecule has 6 aromatic rings. The van der Waals surface area contributed by atoms with E-state index >= 15 is 0 Å². The van der Waals surface area contributed by atoms with E-state index in [1.807, 2.05) is 48.5 Å². The number of hydrogen-bond donors (Lipinski definition) is 2. The summed E-state index contributed by atoms with van der Waals surface area (Å²) in [6.07, 6.45) is 0. The van der Waals surface area contributed by atoms with Gasteiger partial charge in [-0.1, -0.05) is 24.3 Å². The molecule has 2 N–H and O–H groups in total. The van der Waals surface area contributed by atoms with E-state index in [1.54, 1.807) is 6.07 Å². The van der Waals surface area contributed by atoms with E-state index in [0.717, 1.165) is 22.1 Å². The monoisotopic (exact) mass is 407 g/mol. The lowest BCUT2D eigenvalue weighted by Gasteiger charge is -2.06. The molecular weight excluding hydrogens is 394 g/mol. The standard InChI is InChI=1S/C22H13N7O2/c30-29(31)12-9-10-17-18(11-12)24-20(22-27-15-7-3-4-8-16(15)28-22)19(23-17)21-25-13-5-1-2-6-14(13)26-21/h1-11H,(H,25,26)(H,27,28). The van der Waals surface area contributed by atoms with Gasteiger partial charge in [-0.2, -0.15) is 0 Å². The molecule has 0 aliphatic rings. The highest BCUT2D eigenvalue weighted by atomic mass is 16.6. The quantitative estimate of drug-likeness (QED) is 0.325. The summed E-state index contributed by atoms with van der Waals surface area (Å²) in [6.45, 7) is 0. The third kappa shape index (κ3) is 2.79. The summed E-state index contributed by atoms with van der Waals surface area (Å²) < 4.78 is 0. The van der Waals surface area contributed by atoms with E-state index in [9.17, 15) is 10.1 Å². The number of H-pyrrole nitrogens is 2. The van der Waals surface area contributed by atoms with Crippen molar-refractivity contribution >= 4 is 38.8 Å². The molecule has 0 aliphatic carbocycles. The van der Waals surface area contributed by atoms with Gasteiger partial charge in [0.05, 0.1) is 38.0 Å². The van der Waals surface area contributed by atoms with E-state index in [-0.39, 0.29) is 5.69 Å². The average molecular weight is 407 g/mol. The summed E-state index contributed by atoms with van der Waals surface area (Å²) in [5, 5.41) is 11.2. The first-order valence-electron chi connectivity index (χ1n) is 9.52. The first kappa shape index (κ1) is 17.2. The van der Waals surface area contributed by atoms with Crippen LogP contribution in [0.2, 0.25) is 0 Å². The summed E-state index contributed by atoms with van der Waals surface area (Å²) in [4.78, 5) is 36.1. The van der Waals surface area contributed by atoms with E-state index < -0.39 is 4.92 Å². The number of non-ortho nitro benzene ring substituents is 1. The van der Waals surface area contributed by atoms with Crippen molar-refractivity contribution in [2.75, 3.05) is 0 Å². The highest BCUT2D eigenvalue weighted by Gasteiger charge is 2.20. The molecule has 9 nitrogen and oxygen atoms in total. The third-order valence-electron chi connectivity index (χ3n) is 5.09. The lowest BCUT2D eigenvalue weighted by atomic mass is 10.2. The van der Waals surface area contributed by atoms with E-state index in [1.165, 1.54) is 12.1 Å². The molecule has 0 saturated carbocycles. The van der Waals surface area contributed by atoms with Crippen molar-refractivity contribution < 1.29 is 4.92 Å². The van der Waals surface area contributed by atoms with Crippen LogP contribution in [0.4, 0.5) is 5.69 Å². The summed E-state index contributed by atoms with van der Waals surface area (Å²) in [7, 11) is 0. The van der Waals surface area contributed by atoms with Crippen LogP contribution in [0.3, 0.4) is 0 Å². The van der Waals surface area contributed by atoms with Gasteiger partial charge in [-0.25, -0.2) is 19.9 Å². The first-order chi connectivity index (χ1) is 15.2. The Morgan fingerprint density at radius 3 is 1.74 bits per heavy atom. The molecule has 3 heterocycles. The average Bonchev–Trinajstić information content (AvgIpc) is 3.41. The summed E-state index contributed by atoms with van der Waals surface area (Å²) in [6, 6.07) is 19.8. The van der Waals surface area contributed by atoms with Gasteiger partial charge >= 0.3 is 0 Å². The SMILES string of the molecule is O=[N+]([O-])c1ccc2nc(-c3nc4ccccc4[nH]3)c(-c3nc4ccccc4[nH]3)nc2c1. The minimum absolute atomic E-state index is 0.0474. The number of nitro groups is 1. The van der Waals surface area contributed by atoms with Crippen LogP contribution >= 0.6 is 0 Å². The normalized spacial score (nSPS) is 11.5. The van der Waals surface area contributed by atoms with Gasteiger partial charge in [0, 0.05) is 12.1 Å². The van der Waals surface area contributed by atoms with Gasteiger partial charge < -0.3 is 9.97 Å². The summed E-state index contributed by atoms with van der Waals surface area (Å²) in [5.74, 6) is 1.06. The minimum atomic E-state index is -0.449. The molecule has 31 heavy (non-hydrogen) atoms. The Bertz CT molecular complexity index is 1570. The maximum atomic E-state index is 11.2. The molecule has 0 fully saturated rings. The number of aromatic nitrogens is 6. The smallest absolute Gasteiger partial charge is 0.271 e. The lowest BCUT2D eigenvalue weighted by molar-refractivity contribution is -0.384. The Balaban J connectivity index is 1.65. The van der Waals surface area contributed by atoms with Gasteiger partial charge in [-0.05, 0) is 30.3 Å². The van der Waals surface area contributed by atoms with Gasteiger partial charge in [0.15, 0.2) is 11.6 Å². The molecule has 148 valence electrons. The Labute approximate surface area is 174 Å². The molecule has 0 bridgehead atoms. The fraction of sp³-hybridized carbons (Fsp3) is 0. The van der Waals surface area contributed by atoms with Crippen molar-refractivity contribution in [1.29, 1.82) is 0 Å². The molecular formula is C22H13N7O2. The van der Waals surface area contributed by atoms with Crippen molar-refractivity contribution in [2.45, 2.75) is 0 Å². The number of nitrogens with one attached hydrogen (secondary N) is 2. The lowest BCUT2D eigenvalue weighted by Crippen LogP contribution is -1.98. The summed E-state index contributed by atoms with van der Waals surface area (Å²) in [5.41, 5.74) is 5.18. The van der Waals surface area contributed by atoms with E-state index in [2.05, 4.69) is 19.9 Å². The van der Waals surface area contributed by atoms with Crippen LogP contribution in [-0.4, -0.2) is 34.8 Å². The Kier molecular flexibility index (Phi) is 3.57. The van der Waals surface area contributed by atoms with Gasteiger partial charge in [0.2, 0.25) is 0 Å². The number of hydrogen-bond acceptors (Lipinski definition) is 6. The summed E-state index contributed by atoms with van der Waals surface area (Å²) >= 11 is 0. The second kappa shape index (κ2) is 6.42. The largest absolute Gasteiger partial charge is 0.337 e. The van der Waals surface area contributed by atoms with Crippen molar-refractivity contribution in [2.24, 2.45) is 0 Å². The highest BCUT2D eigenvalue weighted by Crippen LogP contribution is 2.31. The first-order valence-corrected chi connectivity index (χ1v) is 9.52. The van der Waals surface area contributed by atoms with Crippen LogP contribution in [0.1, 0.15) is 0 Å². The number of aromatic amines is 2. The van der Waals surface area contributed by atoms with Gasteiger partial charge in [-0.3, -0.25) is 10.1 Å². The molecule has 9 heteroatoms. The van der Waals surface area contributed by atoms with E-state index in [0.29, 0.717) is 34.1 Å². The highest BCUT2D eigenvalue weighted by molar-refractivity contribution is 5.88. The molecule has 0 saturated heterocycles. The van der Waals surface area contributed by atoms with E-state index in [4.69, 9.17) is 9.97 Å². The number of nitrogens with zero attached hydrogens (tertiary/aromatic N) is 5. The van der Waals surface area contributed by atoms with Crippen LogP contribution < -0.4 is 0 Å². The van der Waals surface area contributed by atoms with Gasteiger partial charge in [0.25, 0.3) is 5.69 Å². The minimum Gasteiger partial charge on any atom is -0.337 e. The maximum Gasteiger partial charge on any atom is 0.271 e. The van der Waals surface area contributed by atoms with Crippen molar-refractivity contribution in [3.8, 4) is 23.0 Å². The van der Waals surface area contributed by atoms with Crippen LogP contribution in [0.15, 0.2) is 66.7 Å². The molecule has 0 radical (unpaired) electrons. The van der Waals surface area contributed by atoms with Crippen LogP contribution in [0.25, 0.3) is 56.1 Å². The van der Waals surface area contributed by atoms with Crippen LogP contribution in [-0.2, 0) is 0 Å². The van der Waals surface area contributed by atoms with Gasteiger partial charge in [0.1, 0.15) is 11.4 Å². The Hall–Kier alpha value is -4.66. The van der Waals surface area contributed by atoms with Gasteiger partial charge in [-0.15, -0.1) is 0 Å². The molecule has 0 unspecified atom stereocenters. The molecule has 0 aliphatic heterocycles. The zero-order chi connectivity index (χ0) is 20.9. The fourth-order valence-electron chi connectivity index (χ4n) is 3.62. The molecule has 0 spiro atoms.